The number of nitrogens with one attached hydrogen (secondary N) is 1. The largest absolute Gasteiger partial charge is 0.494 e. The number of rotatable bonds is 8. The Morgan fingerprint density at radius 2 is 1.72 bits per heavy atom. The number of carbonyl (C=O) groups excluding carboxylic acids is 2. The van der Waals surface area contributed by atoms with Gasteiger partial charge in [-0.05, 0) is 61.9 Å². The minimum atomic E-state index is 0.0869. The Labute approximate surface area is 173 Å². The number of benzene rings is 2. The van der Waals surface area contributed by atoms with Crippen molar-refractivity contribution in [3.63, 3.8) is 0 Å². The second-order valence-electron chi connectivity index (χ2n) is 7.48. The van der Waals surface area contributed by atoms with Crippen LogP contribution in [0, 0.1) is 5.92 Å². The SMILES string of the molecule is CCOc1ccc(CCNC(=O)CC2CCN(C(=O)c3ccccc3)CC2)cc1. The van der Waals surface area contributed by atoms with Crippen LogP contribution < -0.4 is 10.1 Å². The van der Waals surface area contributed by atoms with Crippen LogP contribution in [0.1, 0.15) is 42.1 Å². The van der Waals surface area contributed by atoms with E-state index in [0.29, 0.717) is 25.5 Å². The highest BCUT2D eigenvalue weighted by Gasteiger charge is 2.24. The van der Waals surface area contributed by atoms with E-state index in [1.165, 1.54) is 5.56 Å². The van der Waals surface area contributed by atoms with Crippen LogP contribution in [0.3, 0.4) is 0 Å². The Kier molecular flexibility index (Phi) is 7.68. The maximum Gasteiger partial charge on any atom is 0.253 e. The molecule has 1 N–H and O–H groups in total. The molecule has 0 spiro atoms. The quantitative estimate of drug-likeness (QED) is 0.743. The molecule has 0 saturated carbocycles. The molecule has 1 aliphatic heterocycles. The molecule has 2 amide bonds. The first-order valence-corrected chi connectivity index (χ1v) is 10.5. The van der Waals surface area contributed by atoms with Crippen LogP contribution in [-0.2, 0) is 11.2 Å². The Bertz CT molecular complexity index is 782. The monoisotopic (exact) mass is 394 g/mol. The van der Waals surface area contributed by atoms with Gasteiger partial charge in [0.2, 0.25) is 5.91 Å². The van der Waals surface area contributed by atoms with Gasteiger partial charge in [-0.15, -0.1) is 0 Å². The molecule has 1 heterocycles. The Hall–Kier alpha value is -2.82. The third-order valence-corrected chi connectivity index (χ3v) is 5.37. The molecule has 0 aliphatic carbocycles. The molecular formula is C24H30N2O3. The first-order valence-electron chi connectivity index (χ1n) is 10.5. The predicted molar refractivity (Wildman–Crippen MR) is 114 cm³/mol. The number of piperidine rings is 1. The molecule has 1 aliphatic rings. The van der Waals surface area contributed by atoms with E-state index < -0.39 is 0 Å². The minimum absolute atomic E-state index is 0.0869. The summed E-state index contributed by atoms with van der Waals surface area (Å²) >= 11 is 0. The summed E-state index contributed by atoms with van der Waals surface area (Å²) in [5.74, 6) is 1.41. The van der Waals surface area contributed by atoms with Gasteiger partial charge in [0.1, 0.15) is 5.75 Å². The zero-order valence-electron chi connectivity index (χ0n) is 17.1. The van der Waals surface area contributed by atoms with Gasteiger partial charge in [-0.2, -0.15) is 0 Å². The molecule has 5 heteroatoms. The fourth-order valence-corrected chi connectivity index (χ4v) is 3.70. The highest BCUT2D eigenvalue weighted by atomic mass is 16.5. The lowest BCUT2D eigenvalue weighted by molar-refractivity contribution is -0.122. The highest BCUT2D eigenvalue weighted by Crippen LogP contribution is 2.22. The molecular weight excluding hydrogens is 364 g/mol. The van der Waals surface area contributed by atoms with Gasteiger partial charge in [0.15, 0.2) is 0 Å². The zero-order chi connectivity index (χ0) is 20.5. The van der Waals surface area contributed by atoms with Gasteiger partial charge < -0.3 is 15.0 Å². The molecule has 5 nitrogen and oxygen atoms in total. The van der Waals surface area contributed by atoms with Gasteiger partial charge in [-0.25, -0.2) is 0 Å². The molecule has 154 valence electrons. The molecule has 0 bridgehead atoms. The summed E-state index contributed by atoms with van der Waals surface area (Å²) < 4.78 is 5.44. The van der Waals surface area contributed by atoms with Crippen molar-refractivity contribution in [2.45, 2.75) is 32.6 Å². The topological polar surface area (TPSA) is 58.6 Å². The van der Waals surface area contributed by atoms with Crippen molar-refractivity contribution in [2.75, 3.05) is 26.2 Å². The summed E-state index contributed by atoms with van der Waals surface area (Å²) in [4.78, 5) is 26.7. The molecule has 1 saturated heterocycles. The minimum Gasteiger partial charge on any atom is -0.494 e. The zero-order valence-corrected chi connectivity index (χ0v) is 17.1. The highest BCUT2D eigenvalue weighted by molar-refractivity contribution is 5.94. The van der Waals surface area contributed by atoms with E-state index in [2.05, 4.69) is 5.32 Å². The fourth-order valence-electron chi connectivity index (χ4n) is 3.70. The summed E-state index contributed by atoms with van der Waals surface area (Å²) in [6, 6.07) is 17.4. The summed E-state index contributed by atoms with van der Waals surface area (Å²) in [6.07, 6.45) is 3.11. The van der Waals surface area contributed by atoms with Crippen molar-refractivity contribution in [3.05, 3.63) is 65.7 Å². The second kappa shape index (κ2) is 10.6. The van der Waals surface area contributed by atoms with Crippen LogP contribution in [0.15, 0.2) is 54.6 Å². The van der Waals surface area contributed by atoms with Gasteiger partial charge in [-0.1, -0.05) is 30.3 Å². The molecule has 29 heavy (non-hydrogen) atoms. The second-order valence-corrected chi connectivity index (χ2v) is 7.48. The Morgan fingerprint density at radius 1 is 1.03 bits per heavy atom. The number of nitrogens with zero attached hydrogens (tertiary/aromatic N) is 1. The molecule has 0 unspecified atom stereocenters. The lowest BCUT2D eigenvalue weighted by Gasteiger charge is -2.31. The van der Waals surface area contributed by atoms with Crippen molar-refractivity contribution in [1.82, 2.24) is 10.2 Å². The van der Waals surface area contributed by atoms with E-state index in [1.54, 1.807) is 0 Å². The van der Waals surface area contributed by atoms with Crippen molar-refractivity contribution >= 4 is 11.8 Å². The van der Waals surface area contributed by atoms with Crippen LogP contribution in [0.5, 0.6) is 5.75 Å². The Balaban J connectivity index is 1.35. The number of hydrogen-bond acceptors (Lipinski definition) is 3. The van der Waals surface area contributed by atoms with E-state index in [0.717, 1.165) is 43.7 Å². The normalized spacial score (nSPS) is 14.4. The van der Waals surface area contributed by atoms with Crippen LogP contribution >= 0.6 is 0 Å². The molecule has 2 aromatic rings. The summed E-state index contributed by atoms with van der Waals surface area (Å²) in [5, 5.41) is 3.03. The molecule has 0 atom stereocenters. The number of ether oxygens (including phenoxy) is 1. The molecule has 0 radical (unpaired) electrons. The van der Waals surface area contributed by atoms with E-state index in [-0.39, 0.29) is 11.8 Å². The first kappa shape index (κ1) is 20.9. The van der Waals surface area contributed by atoms with Crippen molar-refractivity contribution in [3.8, 4) is 5.75 Å². The van der Waals surface area contributed by atoms with Crippen LogP contribution in [0.4, 0.5) is 0 Å². The van der Waals surface area contributed by atoms with Gasteiger partial charge in [0.05, 0.1) is 6.61 Å². The maximum absolute atomic E-state index is 12.5. The maximum atomic E-state index is 12.5. The summed E-state index contributed by atoms with van der Waals surface area (Å²) in [5.41, 5.74) is 1.92. The van der Waals surface area contributed by atoms with E-state index >= 15 is 0 Å². The number of likely N-dealkylation sites (tertiary alicyclic amines) is 1. The van der Waals surface area contributed by atoms with Crippen LogP contribution in [0.25, 0.3) is 0 Å². The van der Waals surface area contributed by atoms with E-state index in [1.807, 2.05) is 66.4 Å². The lowest BCUT2D eigenvalue weighted by Crippen LogP contribution is -2.39. The van der Waals surface area contributed by atoms with Gasteiger partial charge >= 0.3 is 0 Å². The third kappa shape index (κ3) is 6.34. The predicted octanol–water partition coefficient (Wildman–Crippen LogP) is 3.69. The number of hydrogen-bond donors (Lipinski definition) is 1. The van der Waals surface area contributed by atoms with Gasteiger partial charge in [-0.3, -0.25) is 9.59 Å². The van der Waals surface area contributed by atoms with E-state index in [4.69, 9.17) is 4.74 Å². The Morgan fingerprint density at radius 3 is 2.38 bits per heavy atom. The van der Waals surface area contributed by atoms with E-state index in [9.17, 15) is 9.59 Å². The third-order valence-electron chi connectivity index (χ3n) is 5.37. The van der Waals surface area contributed by atoms with Crippen molar-refractivity contribution in [2.24, 2.45) is 5.92 Å². The number of carbonyl (C=O) groups is 2. The molecule has 2 aromatic carbocycles. The van der Waals surface area contributed by atoms with Crippen molar-refractivity contribution in [1.29, 1.82) is 0 Å². The lowest BCUT2D eigenvalue weighted by atomic mass is 9.93. The van der Waals surface area contributed by atoms with Crippen molar-refractivity contribution < 1.29 is 14.3 Å². The van der Waals surface area contributed by atoms with Crippen LogP contribution in [0.2, 0.25) is 0 Å². The van der Waals surface area contributed by atoms with Gasteiger partial charge in [0, 0.05) is 31.6 Å². The number of amides is 2. The molecule has 3 rings (SSSR count). The smallest absolute Gasteiger partial charge is 0.253 e. The standard InChI is InChI=1S/C24H30N2O3/c1-2-29-22-10-8-19(9-11-22)12-15-25-23(27)18-20-13-16-26(17-14-20)24(28)21-6-4-3-5-7-21/h3-11,20H,2,12-18H2,1H3,(H,25,27). The molecule has 0 aromatic heterocycles. The average Bonchev–Trinajstić information content (AvgIpc) is 2.76. The van der Waals surface area contributed by atoms with Gasteiger partial charge in [0.25, 0.3) is 5.91 Å². The average molecular weight is 395 g/mol. The first-order chi connectivity index (χ1) is 14.2. The summed E-state index contributed by atoms with van der Waals surface area (Å²) in [6.45, 7) is 4.71. The molecule has 1 fully saturated rings. The fraction of sp³-hybridized carbons (Fsp3) is 0.417. The van der Waals surface area contributed by atoms with Crippen LogP contribution in [-0.4, -0.2) is 43.0 Å². The summed E-state index contributed by atoms with van der Waals surface area (Å²) in [7, 11) is 0.